The minimum absolute atomic E-state index is 0.0261. The van der Waals surface area contributed by atoms with Gasteiger partial charge in [0.15, 0.2) is 0 Å². The second kappa shape index (κ2) is 10.5. The van der Waals surface area contributed by atoms with Crippen LogP contribution in [0, 0.1) is 13.8 Å². The van der Waals surface area contributed by atoms with E-state index < -0.39 is 0 Å². The van der Waals surface area contributed by atoms with E-state index in [4.69, 9.17) is 0 Å². The van der Waals surface area contributed by atoms with E-state index in [9.17, 15) is 0 Å². The Labute approximate surface area is 267 Å². The lowest BCUT2D eigenvalue weighted by Gasteiger charge is -2.50. The van der Waals surface area contributed by atoms with Gasteiger partial charge in [0, 0.05) is 33.9 Å². The molecule has 6 rings (SSSR count). The average Bonchev–Trinajstić information content (AvgIpc) is 3.16. The van der Waals surface area contributed by atoms with Crippen LogP contribution in [0.15, 0.2) is 84.9 Å². The summed E-state index contributed by atoms with van der Waals surface area (Å²) in [7, 11) is 0. The minimum atomic E-state index is 0.0261. The highest BCUT2D eigenvalue weighted by Gasteiger charge is 2.58. The van der Waals surface area contributed by atoms with Crippen molar-refractivity contribution in [2.24, 2.45) is 0 Å². The fraction of sp³-hybridized carbons (Fsp3) is 0.429. The average molecular weight is 585 g/mol. The SMILES string of the molecule is Cc1cc(C)c2c(c1)N(c1cccc(N(c3ccc(C(C)(C)C)cc3)c3ccc(C(C)(C)C)cc3)c1)C1(C)CCCCC21C. The largest absolute Gasteiger partial charge is 0.334 e. The van der Waals surface area contributed by atoms with Crippen molar-refractivity contribution >= 4 is 28.4 Å². The molecule has 0 radical (unpaired) electrons. The fourth-order valence-electron chi connectivity index (χ4n) is 8.21. The molecule has 0 bridgehead atoms. The van der Waals surface area contributed by atoms with Crippen LogP contribution in [-0.2, 0) is 16.2 Å². The van der Waals surface area contributed by atoms with Crippen molar-refractivity contribution in [1.82, 2.24) is 0 Å². The number of fused-ring (bicyclic) bond motifs is 3. The van der Waals surface area contributed by atoms with Gasteiger partial charge in [-0.2, -0.15) is 0 Å². The summed E-state index contributed by atoms with van der Waals surface area (Å²) < 4.78 is 0. The Morgan fingerprint density at radius 3 is 1.73 bits per heavy atom. The topological polar surface area (TPSA) is 6.48 Å². The molecule has 0 amide bonds. The van der Waals surface area contributed by atoms with Gasteiger partial charge in [-0.1, -0.05) is 97.7 Å². The van der Waals surface area contributed by atoms with Crippen LogP contribution in [0.2, 0.25) is 0 Å². The molecular weight excluding hydrogens is 532 g/mol. The summed E-state index contributed by atoms with van der Waals surface area (Å²) in [6.45, 7) is 23.3. The molecule has 44 heavy (non-hydrogen) atoms. The molecule has 1 heterocycles. The van der Waals surface area contributed by atoms with Gasteiger partial charge in [-0.05, 0) is 121 Å². The third-order valence-electron chi connectivity index (χ3n) is 10.9. The Morgan fingerprint density at radius 1 is 0.636 bits per heavy atom. The van der Waals surface area contributed by atoms with Gasteiger partial charge in [0.2, 0.25) is 0 Å². The zero-order valence-corrected chi connectivity index (χ0v) is 28.8. The van der Waals surface area contributed by atoms with Crippen molar-refractivity contribution in [2.75, 3.05) is 9.80 Å². The smallest absolute Gasteiger partial charge is 0.0518 e. The molecule has 2 atom stereocenters. The van der Waals surface area contributed by atoms with Crippen molar-refractivity contribution in [3.8, 4) is 0 Å². The first-order chi connectivity index (χ1) is 20.6. The first kappa shape index (κ1) is 30.5. The van der Waals surface area contributed by atoms with Crippen LogP contribution in [0.25, 0.3) is 0 Å². The summed E-state index contributed by atoms with van der Waals surface area (Å²) in [5.41, 5.74) is 13.6. The summed E-state index contributed by atoms with van der Waals surface area (Å²) in [6, 6.07) is 32.5. The van der Waals surface area contributed by atoms with E-state index in [1.807, 2.05) is 0 Å². The number of hydrogen-bond donors (Lipinski definition) is 0. The second-order valence-electron chi connectivity index (χ2n) is 16.1. The molecule has 4 aromatic carbocycles. The molecule has 1 saturated carbocycles. The quantitative estimate of drug-likeness (QED) is 0.235. The Hall–Kier alpha value is -3.52. The van der Waals surface area contributed by atoms with Crippen molar-refractivity contribution in [1.29, 1.82) is 0 Å². The van der Waals surface area contributed by atoms with Crippen molar-refractivity contribution in [3.63, 3.8) is 0 Å². The van der Waals surface area contributed by atoms with Crippen LogP contribution >= 0.6 is 0 Å². The summed E-state index contributed by atoms with van der Waals surface area (Å²) in [5, 5.41) is 0. The minimum Gasteiger partial charge on any atom is -0.334 e. The van der Waals surface area contributed by atoms with Crippen molar-refractivity contribution in [3.05, 3.63) is 113 Å². The van der Waals surface area contributed by atoms with E-state index in [0.29, 0.717) is 0 Å². The van der Waals surface area contributed by atoms with Gasteiger partial charge < -0.3 is 9.80 Å². The standard InChI is InChI=1S/C42H52N2/c1-29-26-30(2)38-37(27-29)44(42(10)25-12-11-24-41(38,42)9)36-15-13-14-35(28-36)43(33-20-16-31(17-21-33)39(3,4)5)34-22-18-32(19-23-34)40(6,7)8/h13-23,26-28H,11-12,24-25H2,1-10H3. The van der Waals surface area contributed by atoms with Gasteiger partial charge in [-0.15, -0.1) is 0 Å². The third kappa shape index (κ3) is 4.95. The number of hydrogen-bond acceptors (Lipinski definition) is 2. The summed E-state index contributed by atoms with van der Waals surface area (Å²) in [5.74, 6) is 0. The van der Waals surface area contributed by atoms with Gasteiger partial charge in [0.1, 0.15) is 0 Å². The van der Waals surface area contributed by atoms with E-state index in [1.54, 1.807) is 5.56 Å². The van der Waals surface area contributed by atoms with Gasteiger partial charge >= 0.3 is 0 Å². The highest BCUT2D eigenvalue weighted by atomic mass is 15.3. The lowest BCUT2D eigenvalue weighted by molar-refractivity contribution is 0.194. The normalized spacial score (nSPS) is 21.6. The van der Waals surface area contributed by atoms with Gasteiger partial charge in [-0.25, -0.2) is 0 Å². The third-order valence-corrected chi connectivity index (χ3v) is 10.9. The molecular formula is C42H52N2. The van der Waals surface area contributed by atoms with Crippen LogP contribution in [0.1, 0.15) is 109 Å². The molecule has 1 aliphatic heterocycles. The lowest BCUT2D eigenvalue weighted by Crippen LogP contribution is -2.54. The Bertz CT molecular complexity index is 1610. The van der Waals surface area contributed by atoms with Crippen molar-refractivity contribution < 1.29 is 0 Å². The van der Waals surface area contributed by atoms with E-state index in [-0.39, 0.29) is 21.8 Å². The van der Waals surface area contributed by atoms with Crippen LogP contribution < -0.4 is 9.80 Å². The molecule has 0 aromatic heterocycles. The Balaban J connectivity index is 1.51. The van der Waals surface area contributed by atoms with E-state index in [0.717, 1.165) is 0 Å². The van der Waals surface area contributed by atoms with E-state index in [1.165, 1.54) is 76.4 Å². The van der Waals surface area contributed by atoms with Gasteiger partial charge in [0.25, 0.3) is 0 Å². The molecule has 2 unspecified atom stereocenters. The van der Waals surface area contributed by atoms with Crippen LogP contribution in [0.4, 0.5) is 28.4 Å². The maximum atomic E-state index is 2.72. The van der Waals surface area contributed by atoms with E-state index in [2.05, 4.69) is 164 Å². The summed E-state index contributed by atoms with van der Waals surface area (Å²) >= 11 is 0. The molecule has 0 spiro atoms. The second-order valence-corrected chi connectivity index (χ2v) is 16.1. The molecule has 1 aliphatic carbocycles. The first-order valence-corrected chi connectivity index (χ1v) is 16.7. The maximum Gasteiger partial charge on any atom is 0.0518 e. The number of aryl methyl sites for hydroxylation is 2. The zero-order valence-electron chi connectivity index (χ0n) is 28.8. The lowest BCUT2D eigenvalue weighted by atomic mass is 9.61. The molecule has 2 nitrogen and oxygen atoms in total. The molecule has 2 aliphatic rings. The monoisotopic (exact) mass is 584 g/mol. The highest BCUT2D eigenvalue weighted by Crippen LogP contribution is 2.62. The van der Waals surface area contributed by atoms with Gasteiger partial charge in [0.05, 0.1) is 5.54 Å². The molecule has 230 valence electrons. The maximum absolute atomic E-state index is 2.72. The highest BCUT2D eigenvalue weighted by molar-refractivity contribution is 5.83. The number of nitrogens with zero attached hydrogens (tertiary/aromatic N) is 2. The van der Waals surface area contributed by atoms with Crippen LogP contribution in [0.5, 0.6) is 0 Å². The van der Waals surface area contributed by atoms with Crippen LogP contribution in [0.3, 0.4) is 0 Å². The van der Waals surface area contributed by atoms with Gasteiger partial charge in [-0.3, -0.25) is 0 Å². The Morgan fingerprint density at radius 2 is 1.18 bits per heavy atom. The van der Waals surface area contributed by atoms with Crippen LogP contribution in [-0.4, -0.2) is 5.54 Å². The predicted octanol–water partition coefficient (Wildman–Crippen LogP) is 12.1. The summed E-state index contributed by atoms with van der Waals surface area (Å²) in [6.07, 6.45) is 5.02. The molecule has 2 heteroatoms. The molecule has 0 saturated heterocycles. The molecule has 1 fully saturated rings. The number of benzene rings is 4. The number of anilines is 5. The first-order valence-electron chi connectivity index (χ1n) is 16.7. The predicted molar refractivity (Wildman–Crippen MR) is 191 cm³/mol. The Kier molecular flexibility index (Phi) is 7.31. The van der Waals surface area contributed by atoms with E-state index >= 15 is 0 Å². The fourth-order valence-corrected chi connectivity index (χ4v) is 8.21. The zero-order chi connectivity index (χ0) is 31.7. The van der Waals surface area contributed by atoms with Crippen molar-refractivity contribution in [2.45, 2.75) is 117 Å². The number of rotatable bonds is 4. The summed E-state index contributed by atoms with van der Waals surface area (Å²) in [4.78, 5) is 5.15. The molecule has 0 N–H and O–H groups in total. The molecule has 4 aromatic rings.